The summed E-state index contributed by atoms with van der Waals surface area (Å²) in [5.41, 5.74) is -0.226. The van der Waals surface area contributed by atoms with E-state index in [1.54, 1.807) is 0 Å². The number of hydrogen-bond acceptors (Lipinski definition) is 4. The fourth-order valence-corrected chi connectivity index (χ4v) is 0.962. The summed E-state index contributed by atoms with van der Waals surface area (Å²) < 4.78 is 0. The fourth-order valence-electron chi connectivity index (χ4n) is 0.962. The van der Waals surface area contributed by atoms with Gasteiger partial charge in [0, 0.05) is 5.56 Å². The van der Waals surface area contributed by atoms with Crippen LogP contribution in [0.1, 0.15) is 15.9 Å². The van der Waals surface area contributed by atoms with Crippen molar-refractivity contribution in [2.75, 3.05) is 0 Å². The number of phenolic OH excluding ortho intramolecular Hbond substituents is 3. The molecule has 5 nitrogen and oxygen atoms in total. The van der Waals surface area contributed by atoms with Crippen LogP contribution in [0.3, 0.4) is 0 Å². The summed E-state index contributed by atoms with van der Waals surface area (Å²) in [5.74, 6) is -3.25. The first-order valence-corrected chi connectivity index (χ1v) is 3.43. The summed E-state index contributed by atoms with van der Waals surface area (Å²) in [7, 11) is 0. The molecule has 0 aromatic heterocycles. The van der Waals surface area contributed by atoms with Crippen LogP contribution in [0, 0.1) is 6.92 Å². The second-order valence-corrected chi connectivity index (χ2v) is 2.57. The first kappa shape index (κ1) is 16.9. The van der Waals surface area contributed by atoms with Gasteiger partial charge in [0.25, 0.3) is 0 Å². The second kappa shape index (κ2) is 6.12. The number of carboxylic acid groups (broad SMARTS) is 1. The van der Waals surface area contributed by atoms with E-state index in [1.165, 1.54) is 6.92 Å². The van der Waals surface area contributed by atoms with E-state index >= 15 is 0 Å². The molecule has 0 saturated carbocycles. The number of aromatic carboxylic acids is 1. The van der Waals surface area contributed by atoms with Gasteiger partial charge in [-0.25, -0.2) is 4.79 Å². The quantitative estimate of drug-likeness (QED) is 0.418. The summed E-state index contributed by atoms with van der Waals surface area (Å²) in [4.78, 5) is 10.5. The molecule has 15 heavy (non-hydrogen) atoms. The molecule has 4 N–H and O–H groups in total. The second-order valence-electron chi connectivity index (χ2n) is 2.57. The molecule has 1 aromatic carbocycles. The summed E-state index contributed by atoms with van der Waals surface area (Å²) in [5, 5.41) is 35.7. The predicted octanol–water partition coefficient (Wildman–Crippen LogP) is 0.274. The molecule has 0 amide bonds. The molecule has 7 heteroatoms. The molecule has 0 radical (unpaired) electrons. The molecule has 0 spiro atoms. The normalized spacial score (nSPS) is 8.60. The van der Waals surface area contributed by atoms with E-state index in [9.17, 15) is 4.79 Å². The van der Waals surface area contributed by atoms with Gasteiger partial charge < -0.3 is 20.4 Å². The summed E-state index contributed by atoms with van der Waals surface area (Å²) in [6.45, 7) is 1.33. The Morgan fingerprint density at radius 2 is 1.67 bits per heavy atom. The molecule has 0 bridgehead atoms. The Labute approximate surface area is 115 Å². The first-order chi connectivity index (χ1) is 5.95. The SMILES string of the molecule is Cc1c(C(=O)O)cc(O)c(O)c1O.S.[NaH]. The molecule has 0 saturated heterocycles. The monoisotopic (exact) mass is 242 g/mol. The minimum atomic E-state index is -1.27. The Balaban J connectivity index is 0. The Bertz CT molecular complexity index is 380. The van der Waals surface area contributed by atoms with Gasteiger partial charge in [-0.1, -0.05) is 0 Å². The van der Waals surface area contributed by atoms with Crippen molar-refractivity contribution in [3.63, 3.8) is 0 Å². The van der Waals surface area contributed by atoms with E-state index < -0.39 is 23.2 Å². The fraction of sp³-hybridized carbons (Fsp3) is 0.125. The number of carbonyl (C=O) groups is 1. The van der Waals surface area contributed by atoms with Crippen molar-refractivity contribution >= 4 is 49.0 Å². The van der Waals surface area contributed by atoms with Crippen LogP contribution < -0.4 is 0 Å². The topological polar surface area (TPSA) is 98.0 Å². The van der Waals surface area contributed by atoms with E-state index in [-0.39, 0.29) is 54.2 Å². The molecule has 1 aromatic rings. The van der Waals surface area contributed by atoms with Gasteiger partial charge in [-0.05, 0) is 13.0 Å². The molecule has 0 atom stereocenters. The maximum absolute atomic E-state index is 10.5. The van der Waals surface area contributed by atoms with Crippen molar-refractivity contribution in [1.29, 1.82) is 0 Å². The zero-order valence-corrected chi connectivity index (χ0v) is 8.27. The van der Waals surface area contributed by atoms with Crippen molar-refractivity contribution < 1.29 is 25.2 Å². The van der Waals surface area contributed by atoms with E-state index in [0.29, 0.717) is 0 Å². The van der Waals surface area contributed by atoms with Gasteiger partial charge in [-0.3, -0.25) is 0 Å². The molecule has 80 valence electrons. The van der Waals surface area contributed by atoms with E-state index in [0.717, 1.165) is 6.07 Å². The van der Waals surface area contributed by atoms with Crippen molar-refractivity contribution in [3.8, 4) is 17.2 Å². The third kappa shape index (κ3) is 3.20. The zero-order valence-electron chi connectivity index (χ0n) is 7.27. The van der Waals surface area contributed by atoms with Gasteiger partial charge in [0.1, 0.15) is 0 Å². The number of hydrogen-bond donors (Lipinski definition) is 4. The van der Waals surface area contributed by atoms with Crippen LogP contribution in [0.25, 0.3) is 0 Å². The van der Waals surface area contributed by atoms with Crippen LogP contribution in [0.4, 0.5) is 0 Å². The van der Waals surface area contributed by atoms with Crippen LogP contribution in [-0.2, 0) is 0 Å². The van der Waals surface area contributed by atoms with Gasteiger partial charge in [-0.15, -0.1) is 0 Å². The molecule has 0 fully saturated rings. The van der Waals surface area contributed by atoms with E-state index in [2.05, 4.69) is 0 Å². The van der Waals surface area contributed by atoms with Gasteiger partial charge in [0.15, 0.2) is 11.5 Å². The van der Waals surface area contributed by atoms with Crippen molar-refractivity contribution in [2.45, 2.75) is 6.92 Å². The summed E-state index contributed by atoms with van der Waals surface area (Å²) in [6, 6.07) is 0.882. The Morgan fingerprint density at radius 3 is 2.07 bits per heavy atom. The van der Waals surface area contributed by atoms with Crippen molar-refractivity contribution in [2.24, 2.45) is 0 Å². The van der Waals surface area contributed by atoms with E-state index in [4.69, 9.17) is 20.4 Å². The summed E-state index contributed by atoms with van der Waals surface area (Å²) >= 11 is 0. The van der Waals surface area contributed by atoms with Crippen LogP contribution in [0.15, 0.2) is 6.07 Å². The minimum absolute atomic E-state index is 0. The number of rotatable bonds is 1. The zero-order chi connectivity index (χ0) is 10.2. The number of benzene rings is 1. The summed E-state index contributed by atoms with van der Waals surface area (Å²) in [6.07, 6.45) is 0. The number of aromatic hydroxyl groups is 3. The van der Waals surface area contributed by atoms with E-state index in [1.807, 2.05) is 0 Å². The van der Waals surface area contributed by atoms with Crippen molar-refractivity contribution in [1.82, 2.24) is 0 Å². The molecule has 1 rings (SSSR count). The van der Waals surface area contributed by atoms with Gasteiger partial charge in [0.05, 0.1) is 5.56 Å². The molecule has 0 aliphatic rings. The number of carboxylic acids is 1. The molecule has 0 aliphatic heterocycles. The Hall–Kier alpha value is -0.560. The Morgan fingerprint density at radius 1 is 1.20 bits per heavy atom. The van der Waals surface area contributed by atoms with Crippen molar-refractivity contribution in [3.05, 3.63) is 17.2 Å². The average Bonchev–Trinajstić information content (AvgIpc) is 2.07. The average molecular weight is 242 g/mol. The van der Waals surface area contributed by atoms with Crippen LogP contribution >= 0.6 is 13.5 Å². The maximum atomic E-state index is 10.5. The van der Waals surface area contributed by atoms with Crippen LogP contribution in [-0.4, -0.2) is 56.0 Å². The Kier molecular flexibility index (Phi) is 6.87. The molecule has 0 aliphatic carbocycles. The molecule has 0 unspecified atom stereocenters. The molecule has 0 heterocycles. The third-order valence-corrected chi connectivity index (χ3v) is 1.74. The molecular formula is C8H11NaO5S. The molecular weight excluding hydrogens is 231 g/mol. The van der Waals surface area contributed by atoms with Crippen LogP contribution in [0.5, 0.6) is 17.2 Å². The standard InChI is InChI=1S/C8H8O5.Na.H2S.H/c1-3-4(8(12)13)2-5(9)7(11)6(3)10;;;/h2,9-11H,1H3,(H,12,13);;1H2;. The van der Waals surface area contributed by atoms with Gasteiger partial charge >= 0.3 is 35.5 Å². The predicted molar refractivity (Wildman–Crippen MR) is 60.7 cm³/mol. The number of phenols is 3. The van der Waals surface area contributed by atoms with Gasteiger partial charge in [-0.2, -0.15) is 13.5 Å². The van der Waals surface area contributed by atoms with Gasteiger partial charge in [0.2, 0.25) is 5.75 Å². The van der Waals surface area contributed by atoms with Crippen LogP contribution in [0.2, 0.25) is 0 Å². The third-order valence-electron chi connectivity index (χ3n) is 1.74. The first-order valence-electron chi connectivity index (χ1n) is 3.43.